The molecule has 0 heterocycles. The van der Waals surface area contributed by atoms with Crippen LogP contribution in [0.5, 0.6) is 11.5 Å². The average Bonchev–Trinajstić information content (AvgIpc) is 2.41. The molecule has 0 aliphatic rings. The van der Waals surface area contributed by atoms with Gasteiger partial charge >= 0.3 is 5.97 Å². The number of rotatable bonds is 5. The van der Waals surface area contributed by atoms with E-state index in [9.17, 15) is 4.79 Å². The van der Waals surface area contributed by atoms with Gasteiger partial charge < -0.3 is 15.2 Å². The molecule has 19 heavy (non-hydrogen) atoms. The van der Waals surface area contributed by atoms with Crippen LogP contribution < -0.4 is 10.1 Å². The zero-order valence-corrected chi connectivity index (χ0v) is 10.5. The average molecular weight is 257 g/mol. The maximum Gasteiger partial charge on any atom is 0.325 e. The molecule has 0 bridgehead atoms. The molecule has 4 heteroatoms. The summed E-state index contributed by atoms with van der Waals surface area (Å²) in [5, 5.41) is 11.9. The summed E-state index contributed by atoms with van der Waals surface area (Å²) in [4.78, 5) is 11.1. The van der Waals surface area contributed by atoms with E-state index in [0.717, 1.165) is 5.75 Å². The normalized spacial score (nSPS) is 11.8. The van der Waals surface area contributed by atoms with Gasteiger partial charge in [0.15, 0.2) is 0 Å². The summed E-state index contributed by atoms with van der Waals surface area (Å²) in [7, 11) is 1.61. The summed E-state index contributed by atoms with van der Waals surface area (Å²) < 4.78 is 5.67. The van der Waals surface area contributed by atoms with Gasteiger partial charge in [0.05, 0.1) is 0 Å². The fourth-order valence-corrected chi connectivity index (χ4v) is 1.81. The van der Waals surface area contributed by atoms with Crippen molar-refractivity contribution in [3.8, 4) is 11.5 Å². The molecule has 2 aromatic rings. The van der Waals surface area contributed by atoms with E-state index in [0.29, 0.717) is 11.3 Å². The van der Waals surface area contributed by atoms with E-state index in [1.54, 1.807) is 31.3 Å². The zero-order valence-electron chi connectivity index (χ0n) is 10.5. The smallest absolute Gasteiger partial charge is 0.325 e. The molecule has 1 unspecified atom stereocenters. The van der Waals surface area contributed by atoms with Crippen LogP contribution in [-0.4, -0.2) is 18.1 Å². The Morgan fingerprint density at radius 1 is 1.11 bits per heavy atom. The predicted molar refractivity (Wildman–Crippen MR) is 72.4 cm³/mol. The van der Waals surface area contributed by atoms with Crippen LogP contribution >= 0.6 is 0 Å². The minimum atomic E-state index is -0.917. The first-order valence-corrected chi connectivity index (χ1v) is 5.93. The molecule has 0 aromatic heterocycles. The number of hydrogen-bond donors (Lipinski definition) is 2. The van der Waals surface area contributed by atoms with E-state index in [1.165, 1.54) is 0 Å². The largest absolute Gasteiger partial charge is 0.480 e. The highest BCUT2D eigenvalue weighted by molar-refractivity contribution is 5.75. The molecule has 0 aliphatic heterocycles. The molecule has 1 atom stereocenters. The van der Waals surface area contributed by atoms with Gasteiger partial charge in [-0.25, -0.2) is 0 Å². The maximum absolute atomic E-state index is 11.1. The Morgan fingerprint density at radius 3 is 2.42 bits per heavy atom. The van der Waals surface area contributed by atoms with Crippen LogP contribution in [-0.2, 0) is 4.79 Å². The summed E-state index contributed by atoms with van der Waals surface area (Å²) in [5.74, 6) is 0.417. The molecular weight excluding hydrogens is 242 g/mol. The lowest BCUT2D eigenvalue weighted by Gasteiger charge is -2.13. The molecule has 0 saturated heterocycles. The van der Waals surface area contributed by atoms with Crippen LogP contribution in [0.2, 0.25) is 0 Å². The Kier molecular flexibility index (Phi) is 4.15. The molecule has 4 nitrogen and oxygen atoms in total. The van der Waals surface area contributed by atoms with E-state index >= 15 is 0 Å². The molecule has 0 aliphatic carbocycles. The lowest BCUT2D eigenvalue weighted by Crippen LogP contribution is -2.24. The Bertz CT molecular complexity index is 554. The van der Waals surface area contributed by atoms with Gasteiger partial charge in [-0.1, -0.05) is 30.3 Å². The lowest BCUT2D eigenvalue weighted by atomic mass is 10.1. The van der Waals surface area contributed by atoms with Crippen LogP contribution in [0.4, 0.5) is 0 Å². The number of carboxylic acid groups (broad SMARTS) is 1. The molecule has 2 aromatic carbocycles. The fourth-order valence-electron chi connectivity index (χ4n) is 1.81. The number of ether oxygens (including phenoxy) is 1. The van der Waals surface area contributed by atoms with Gasteiger partial charge in [0.2, 0.25) is 0 Å². The highest BCUT2D eigenvalue weighted by atomic mass is 16.5. The Hall–Kier alpha value is -2.33. The van der Waals surface area contributed by atoms with E-state index in [-0.39, 0.29) is 0 Å². The van der Waals surface area contributed by atoms with Gasteiger partial charge in [0.1, 0.15) is 17.5 Å². The van der Waals surface area contributed by atoms with Gasteiger partial charge in [-0.2, -0.15) is 0 Å². The minimum absolute atomic E-state index is 0.616. The SMILES string of the molecule is CNC(C(=O)O)c1cccc(Oc2ccccc2)c1. The van der Waals surface area contributed by atoms with Crippen molar-refractivity contribution in [2.75, 3.05) is 7.05 Å². The highest BCUT2D eigenvalue weighted by Gasteiger charge is 2.17. The number of likely N-dealkylation sites (N-methyl/N-ethyl adjacent to an activating group) is 1. The first kappa shape index (κ1) is 13.1. The summed E-state index contributed by atoms with van der Waals surface area (Å²) in [6.07, 6.45) is 0. The quantitative estimate of drug-likeness (QED) is 0.864. The highest BCUT2D eigenvalue weighted by Crippen LogP contribution is 2.24. The third-order valence-corrected chi connectivity index (χ3v) is 2.71. The third-order valence-electron chi connectivity index (χ3n) is 2.71. The number of benzene rings is 2. The molecule has 0 radical (unpaired) electrons. The van der Waals surface area contributed by atoms with Crippen molar-refractivity contribution in [2.24, 2.45) is 0 Å². The van der Waals surface area contributed by atoms with E-state index < -0.39 is 12.0 Å². The topological polar surface area (TPSA) is 58.6 Å². The number of nitrogens with one attached hydrogen (secondary N) is 1. The van der Waals surface area contributed by atoms with Crippen molar-refractivity contribution >= 4 is 5.97 Å². The van der Waals surface area contributed by atoms with Crippen molar-refractivity contribution in [1.82, 2.24) is 5.32 Å². The van der Waals surface area contributed by atoms with E-state index in [4.69, 9.17) is 9.84 Å². The van der Waals surface area contributed by atoms with Crippen LogP contribution in [0, 0.1) is 0 Å². The van der Waals surface area contributed by atoms with Crippen molar-refractivity contribution in [1.29, 1.82) is 0 Å². The lowest BCUT2D eigenvalue weighted by molar-refractivity contribution is -0.139. The van der Waals surface area contributed by atoms with Crippen molar-refractivity contribution < 1.29 is 14.6 Å². The van der Waals surface area contributed by atoms with Crippen LogP contribution in [0.3, 0.4) is 0 Å². The summed E-state index contributed by atoms with van der Waals surface area (Å²) in [6, 6.07) is 15.7. The molecule has 2 rings (SSSR count). The number of aliphatic carboxylic acids is 1. The summed E-state index contributed by atoms with van der Waals surface area (Å²) >= 11 is 0. The first-order valence-electron chi connectivity index (χ1n) is 5.93. The standard InChI is InChI=1S/C15H15NO3/c1-16-14(15(17)18)11-6-5-9-13(10-11)19-12-7-3-2-4-8-12/h2-10,14,16H,1H3,(H,17,18). The summed E-state index contributed by atoms with van der Waals surface area (Å²) in [5.41, 5.74) is 0.656. The number of hydrogen-bond acceptors (Lipinski definition) is 3. The summed E-state index contributed by atoms with van der Waals surface area (Å²) in [6.45, 7) is 0. The van der Waals surface area contributed by atoms with E-state index in [1.807, 2.05) is 30.3 Å². The van der Waals surface area contributed by atoms with Gasteiger partial charge in [-0.05, 0) is 36.9 Å². The fraction of sp³-hybridized carbons (Fsp3) is 0.133. The van der Waals surface area contributed by atoms with Gasteiger partial charge in [-0.15, -0.1) is 0 Å². The van der Waals surface area contributed by atoms with E-state index in [2.05, 4.69) is 5.32 Å². The molecule has 0 spiro atoms. The zero-order chi connectivity index (χ0) is 13.7. The monoisotopic (exact) mass is 257 g/mol. The molecule has 2 N–H and O–H groups in total. The number of para-hydroxylation sites is 1. The molecule has 0 saturated carbocycles. The molecule has 0 fully saturated rings. The molecular formula is C15H15NO3. The Labute approximate surface area is 111 Å². The maximum atomic E-state index is 11.1. The second kappa shape index (κ2) is 6.02. The van der Waals surface area contributed by atoms with Gasteiger partial charge in [0, 0.05) is 0 Å². The second-order valence-corrected chi connectivity index (χ2v) is 4.05. The predicted octanol–water partition coefficient (Wildman–Crippen LogP) is 2.82. The van der Waals surface area contributed by atoms with Gasteiger partial charge in [0.25, 0.3) is 0 Å². The molecule has 0 amide bonds. The van der Waals surface area contributed by atoms with Gasteiger partial charge in [-0.3, -0.25) is 4.79 Å². The van der Waals surface area contributed by atoms with Crippen LogP contribution in [0.25, 0.3) is 0 Å². The van der Waals surface area contributed by atoms with Crippen LogP contribution in [0.1, 0.15) is 11.6 Å². The third kappa shape index (κ3) is 3.33. The number of carboxylic acids is 1. The Balaban J connectivity index is 2.22. The minimum Gasteiger partial charge on any atom is -0.480 e. The molecule has 98 valence electrons. The van der Waals surface area contributed by atoms with Crippen molar-refractivity contribution in [3.05, 3.63) is 60.2 Å². The number of carbonyl (C=O) groups is 1. The van der Waals surface area contributed by atoms with Crippen molar-refractivity contribution in [2.45, 2.75) is 6.04 Å². The Morgan fingerprint density at radius 2 is 1.79 bits per heavy atom. The second-order valence-electron chi connectivity index (χ2n) is 4.05. The van der Waals surface area contributed by atoms with Crippen molar-refractivity contribution in [3.63, 3.8) is 0 Å². The first-order chi connectivity index (χ1) is 9.20. The van der Waals surface area contributed by atoms with Crippen LogP contribution in [0.15, 0.2) is 54.6 Å².